The van der Waals surface area contributed by atoms with E-state index in [9.17, 15) is 0 Å². The molecule has 0 saturated carbocycles. The van der Waals surface area contributed by atoms with Gasteiger partial charge in [-0.1, -0.05) is 73.7 Å². The van der Waals surface area contributed by atoms with Crippen LogP contribution >= 0.6 is 0 Å². The van der Waals surface area contributed by atoms with Crippen molar-refractivity contribution in [1.29, 1.82) is 0 Å². The molecule has 7 aromatic rings. The summed E-state index contributed by atoms with van der Waals surface area (Å²) in [5.74, 6) is 1.85. The topological polar surface area (TPSA) is 22.8 Å². The molecular weight excluding hydrogens is 414 g/mol. The summed E-state index contributed by atoms with van der Waals surface area (Å²) in [7, 11) is 0. The van der Waals surface area contributed by atoms with E-state index in [2.05, 4.69) is 125 Å². The fourth-order valence-electron chi connectivity index (χ4n) is 5.32. The third-order valence-electron chi connectivity index (χ3n) is 6.90. The molecule has 0 saturated heterocycles. The smallest absolute Gasteiger partial charge is 0.140 e. The van der Waals surface area contributed by atoms with Crippen LogP contribution in [0.2, 0.25) is 0 Å². The van der Waals surface area contributed by atoms with Gasteiger partial charge < -0.3 is 0 Å². The Morgan fingerprint density at radius 2 is 0.971 bits per heavy atom. The molecule has 0 amide bonds. The second kappa shape index (κ2) is 7.32. The third kappa shape index (κ3) is 2.67. The number of hydrogen-bond acceptors (Lipinski definition) is 1. The molecule has 0 spiro atoms. The first kappa shape index (κ1) is 19.1. The largest absolute Gasteiger partial charge is 0.294 e. The van der Waals surface area contributed by atoms with Crippen molar-refractivity contribution in [3.05, 3.63) is 115 Å². The van der Waals surface area contributed by atoms with Gasteiger partial charge in [0.1, 0.15) is 11.6 Å². The van der Waals surface area contributed by atoms with Gasteiger partial charge in [-0.3, -0.25) is 9.13 Å². The Kier molecular flexibility index (Phi) is 4.12. The van der Waals surface area contributed by atoms with E-state index >= 15 is 0 Å². The molecule has 3 nitrogen and oxygen atoms in total. The van der Waals surface area contributed by atoms with E-state index in [-0.39, 0.29) is 0 Å². The predicted molar refractivity (Wildman–Crippen MR) is 142 cm³/mol. The summed E-state index contributed by atoms with van der Waals surface area (Å²) >= 11 is 0. The van der Waals surface area contributed by atoms with E-state index in [0.717, 1.165) is 18.1 Å². The minimum Gasteiger partial charge on any atom is -0.294 e. The number of pyridine rings is 1. The van der Waals surface area contributed by atoms with Gasteiger partial charge in [-0.2, -0.15) is 0 Å². The van der Waals surface area contributed by atoms with Crippen molar-refractivity contribution in [3.63, 3.8) is 0 Å². The predicted octanol–water partition coefficient (Wildman–Crippen LogP) is 7.84. The molecule has 0 aliphatic rings. The molecule has 0 N–H and O–H groups in total. The van der Waals surface area contributed by atoms with Crippen LogP contribution in [0.25, 0.3) is 55.2 Å². The van der Waals surface area contributed by atoms with E-state index in [1.165, 1.54) is 49.2 Å². The molecular formula is C31H23N3. The maximum absolute atomic E-state index is 5.23. The second-order valence-electron chi connectivity index (χ2n) is 8.78. The minimum absolute atomic E-state index is 0.922. The number of hydrogen-bond donors (Lipinski definition) is 0. The molecule has 7 rings (SSSR count). The number of rotatable bonds is 3. The molecule has 0 unspecified atom stereocenters. The van der Waals surface area contributed by atoms with Crippen molar-refractivity contribution < 1.29 is 0 Å². The average molecular weight is 438 g/mol. The minimum atomic E-state index is 0.922. The molecule has 3 heterocycles. The Morgan fingerprint density at radius 3 is 1.50 bits per heavy atom. The average Bonchev–Trinajstić information content (AvgIpc) is 3.41. The highest BCUT2D eigenvalue weighted by molar-refractivity contribution is 6.10. The van der Waals surface area contributed by atoms with Gasteiger partial charge in [0.15, 0.2) is 0 Å². The Morgan fingerprint density at radius 1 is 0.500 bits per heavy atom. The van der Waals surface area contributed by atoms with Gasteiger partial charge in [0, 0.05) is 21.5 Å². The molecule has 0 bridgehead atoms. The fraction of sp³-hybridized carbons (Fsp3) is 0.0645. The van der Waals surface area contributed by atoms with E-state index in [1.54, 1.807) is 0 Å². The van der Waals surface area contributed by atoms with Crippen LogP contribution in [-0.4, -0.2) is 14.1 Å². The number of aryl methyl sites for hydroxylation is 1. The summed E-state index contributed by atoms with van der Waals surface area (Å²) in [5, 5.41) is 5.03. The molecule has 0 fully saturated rings. The molecule has 4 aromatic carbocycles. The van der Waals surface area contributed by atoms with Crippen molar-refractivity contribution >= 4 is 43.6 Å². The van der Waals surface area contributed by atoms with E-state index < -0.39 is 0 Å². The van der Waals surface area contributed by atoms with Gasteiger partial charge in [0.05, 0.1) is 22.1 Å². The number of aromatic nitrogens is 3. The Balaban J connectivity index is 1.53. The van der Waals surface area contributed by atoms with Crippen LogP contribution in [0.15, 0.2) is 109 Å². The molecule has 162 valence electrons. The number of para-hydroxylation sites is 3. The van der Waals surface area contributed by atoms with E-state index in [0.29, 0.717) is 0 Å². The van der Waals surface area contributed by atoms with E-state index in [4.69, 9.17) is 4.98 Å². The maximum atomic E-state index is 5.23. The van der Waals surface area contributed by atoms with Crippen LogP contribution in [-0.2, 0) is 6.42 Å². The fourth-order valence-corrected chi connectivity index (χ4v) is 5.32. The van der Waals surface area contributed by atoms with Gasteiger partial charge in [-0.15, -0.1) is 0 Å². The first-order valence-corrected chi connectivity index (χ1v) is 11.8. The number of nitrogens with zero attached hydrogens (tertiary/aromatic N) is 3. The SMILES string of the molecule is CCc1ccc2c(c1)c1ccccc1n2-c1cccc(-n2c3ccccc3c3ccccc32)n1. The summed E-state index contributed by atoms with van der Waals surface area (Å²) in [4.78, 5) is 5.23. The molecule has 0 aliphatic heterocycles. The third-order valence-corrected chi connectivity index (χ3v) is 6.90. The van der Waals surface area contributed by atoms with Crippen LogP contribution in [0.3, 0.4) is 0 Å². The standard InChI is InChI=1S/C31H23N3/c1-2-21-18-19-29-25(20-21)24-12-5-8-15-28(24)34(29)31-17-9-16-30(32-31)33-26-13-6-3-10-22(26)23-11-4-7-14-27(23)33/h3-20H,2H2,1H3. The first-order chi connectivity index (χ1) is 16.8. The number of fused-ring (bicyclic) bond motifs is 6. The maximum Gasteiger partial charge on any atom is 0.140 e. The van der Waals surface area contributed by atoms with Crippen molar-refractivity contribution in [2.75, 3.05) is 0 Å². The van der Waals surface area contributed by atoms with Crippen molar-refractivity contribution in [2.24, 2.45) is 0 Å². The van der Waals surface area contributed by atoms with Crippen LogP contribution in [0.4, 0.5) is 0 Å². The molecule has 34 heavy (non-hydrogen) atoms. The van der Waals surface area contributed by atoms with Gasteiger partial charge in [0.2, 0.25) is 0 Å². The van der Waals surface area contributed by atoms with Crippen molar-refractivity contribution in [3.8, 4) is 11.6 Å². The van der Waals surface area contributed by atoms with Crippen LogP contribution in [0, 0.1) is 0 Å². The highest BCUT2D eigenvalue weighted by Gasteiger charge is 2.16. The van der Waals surface area contributed by atoms with Crippen molar-refractivity contribution in [1.82, 2.24) is 14.1 Å². The van der Waals surface area contributed by atoms with Crippen LogP contribution < -0.4 is 0 Å². The lowest BCUT2D eigenvalue weighted by atomic mass is 10.1. The summed E-state index contributed by atoms with van der Waals surface area (Å²) < 4.78 is 4.57. The first-order valence-electron chi connectivity index (χ1n) is 11.8. The number of benzene rings is 4. The highest BCUT2D eigenvalue weighted by Crippen LogP contribution is 2.34. The molecule has 3 aromatic heterocycles. The highest BCUT2D eigenvalue weighted by atomic mass is 15.1. The quantitative estimate of drug-likeness (QED) is 0.276. The van der Waals surface area contributed by atoms with Gasteiger partial charge in [-0.05, 0) is 54.4 Å². The summed E-state index contributed by atoms with van der Waals surface area (Å²) in [5.41, 5.74) is 6.05. The summed E-state index contributed by atoms with van der Waals surface area (Å²) in [6.45, 7) is 2.21. The Hall–Kier alpha value is -4.37. The Labute approximate surface area is 197 Å². The zero-order valence-corrected chi connectivity index (χ0v) is 18.9. The van der Waals surface area contributed by atoms with Gasteiger partial charge >= 0.3 is 0 Å². The summed E-state index contributed by atoms with van der Waals surface area (Å²) in [6, 6.07) is 38.9. The molecule has 0 aliphatic carbocycles. The lowest BCUT2D eigenvalue weighted by Gasteiger charge is -2.11. The Bertz CT molecular complexity index is 1800. The second-order valence-corrected chi connectivity index (χ2v) is 8.78. The zero-order valence-electron chi connectivity index (χ0n) is 18.9. The lowest BCUT2D eigenvalue weighted by molar-refractivity contribution is 1.01. The van der Waals surface area contributed by atoms with Gasteiger partial charge in [0.25, 0.3) is 0 Å². The molecule has 0 atom stereocenters. The van der Waals surface area contributed by atoms with Crippen LogP contribution in [0.5, 0.6) is 0 Å². The zero-order chi connectivity index (χ0) is 22.6. The lowest BCUT2D eigenvalue weighted by Crippen LogP contribution is -2.03. The van der Waals surface area contributed by atoms with E-state index in [1.807, 2.05) is 0 Å². The normalized spacial score (nSPS) is 11.8. The van der Waals surface area contributed by atoms with Crippen molar-refractivity contribution in [2.45, 2.75) is 13.3 Å². The molecule has 3 heteroatoms. The molecule has 0 radical (unpaired) electrons. The van der Waals surface area contributed by atoms with Gasteiger partial charge in [-0.25, -0.2) is 4.98 Å². The summed E-state index contributed by atoms with van der Waals surface area (Å²) in [6.07, 6.45) is 1.02. The van der Waals surface area contributed by atoms with Crippen LogP contribution in [0.1, 0.15) is 12.5 Å². The monoisotopic (exact) mass is 437 g/mol.